The van der Waals surface area contributed by atoms with E-state index in [2.05, 4.69) is 16.6 Å². The molecule has 0 amide bonds. The number of nitrogens with one attached hydrogen (secondary N) is 1. The fourth-order valence-corrected chi connectivity index (χ4v) is 3.31. The van der Waals surface area contributed by atoms with Crippen LogP contribution in [0.1, 0.15) is 31.2 Å². The molecule has 0 saturated heterocycles. The van der Waals surface area contributed by atoms with Gasteiger partial charge in [0.25, 0.3) is 0 Å². The molecule has 0 radical (unpaired) electrons. The van der Waals surface area contributed by atoms with Crippen LogP contribution in [-0.2, 0) is 10.0 Å². The zero-order valence-electron chi connectivity index (χ0n) is 11.6. The van der Waals surface area contributed by atoms with Crippen molar-refractivity contribution < 1.29 is 17.9 Å². The summed E-state index contributed by atoms with van der Waals surface area (Å²) < 4.78 is 40.4. The van der Waals surface area contributed by atoms with Crippen LogP contribution in [0.4, 0.5) is 4.39 Å². The van der Waals surface area contributed by atoms with Gasteiger partial charge in [-0.1, -0.05) is 18.3 Å². The smallest absolute Gasteiger partial charge is 0.241 e. The quantitative estimate of drug-likeness (QED) is 0.812. The van der Waals surface area contributed by atoms with E-state index in [1.54, 1.807) is 0 Å². The monoisotopic (exact) mass is 311 g/mol. The van der Waals surface area contributed by atoms with Crippen LogP contribution in [0.15, 0.2) is 23.1 Å². The molecule has 0 atom stereocenters. The lowest BCUT2D eigenvalue weighted by Crippen LogP contribution is -2.32. The zero-order chi connectivity index (χ0) is 15.3. The average molecular weight is 311 g/mol. The molecular formula is C15H18FNO3S. The van der Waals surface area contributed by atoms with Gasteiger partial charge in [0.1, 0.15) is 5.82 Å². The summed E-state index contributed by atoms with van der Waals surface area (Å²) in [6.45, 7) is 0.285. The fourth-order valence-electron chi connectivity index (χ4n) is 2.05. The van der Waals surface area contributed by atoms with Gasteiger partial charge in [0.2, 0.25) is 10.0 Å². The Hall–Kier alpha value is -1.42. The molecule has 0 heterocycles. The molecule has 1 aliphatic carbocycles. The molecule has 0 aliphatic heterocycles. The summed E-state index contributed by atoms with van der Waals surface area (Å²) in [5.74, 6) is 5.08. The van der Waals surface area contributed by atoms with Crippen LogP contribution in [0.5, 0.6) is 0 Å². The van der Waals surface area contributed by atoms with E-state index in [0.29, 0.717) is 12.5 Å². The van der Waals surface area contributed by atoms with Gasteiger partial charge in [0.15, 0.2) is 0 Å². The number of sulfonamides is 1. The Labute approximate surface area is 124 Å². The normalized spacial score (nSPS) is 15.1. The summed E-state index contributed by atoms with van der Waals surface area (Å²) in [4.78, 5) is -0.0198. The van der Waals surface area contributed by atoms with Crippen LogP contribution in [-0.4, -0.2) is 26.7 Å². The molecule has 1 saturated carbocycles. The molecule has 114 valence electrons. The molecular weight excluding hydrogens is 293 g/mol. The van der Waals surface area contributed by atoms with Gasteiger partial charge in [-0.15, -0.1) is 0 Å². The summed E-state index contributed by atoms with van der Waals surface area (Å²) in [5, 5.41) is 8.70. The Morgan fingerprint density at radius 1 is 1.38 bits per heavy atom. The van der Waals surface area contributed by atoms with Gasteiger partial charge in [-0.2, -0.15) is 0 Å². The van der Waals surface area contributed by atoms with Crippen molar-refractivity contribution in [2.45, 2.75) is 30.6 Å². The van der Waals surface area contributed by atoms with Crippen molar-refractivity contribution >= 4 is 10.0 Å². The van der Waals surface area contributed by atoms with Crippen molar-refractivity contribution in [3.8, 4) is 11.8 Å². The van der Waals surface area contributed by atoms with E-state index >= 15 is 0 Å². The van der Waals surface area contributed by atoms with E-state index in [4.69, 9.17) is 5.11 Å². The number of rotatable bonds is 5. The van der Waals surface area contributed by atoms with Crippen molar-refractivity contribution in [3.63, 3.8) is 0 Å². The van der Waals surface area contributed by atoms with Gasteiger partial charge >= 0.3 is 0 Å². The Balaban J connectivity index is 2.22. The van der Waals surface area contributed by atoms with Crippen LogP contribution >= 0.6 is 0 Å². The maximum atomic E-state index is 13.3. The van der Waals surface area contributed by atoms with E-state index in [-0.39, 0.29) is 23.5 Å². The maximum Gasteiger partial charge on any atom is 0.241 e. The molecule has 0 unspecified atom stereocenters. The minimum Gasteiger partial charge on any atom is -0.395 e. The Morgan fingerprint density at radius 2 is 2.14 bits per heavy atom. The van der Waals surface area contributed by atoms with Gasteiger partial charge < -0.3 is 5.11 Å². The van der Waals surface area contributed by atoms with E-state index < -0.39 is 15.8 Å². The van der Waals surface area contributed by atoms with Crippen LogP contribution in [0, 0.1) is 23.6 Å². The van der Waals surface area contributed by atoms with Gasteiger partial charge in [-0.25, -0.2) is 17.5 Å². The largest absolute Gasteiger partial charge is 0.395 e. The van der Waals surface area contributed by atoms with E-state index in [9.17, 15) is 12.8 Å². The topological polar surface area (TPSA) is 66.4 Å². The van der Waals surface area contributed by atoms with Crippen molar-refractivity contribution in [1.82, 2.24) is 4.72 Å². The fraction of sp³-hybridized carbons (Fsp3) is 0.467. The Bertz CT molecular complexity index is 657. The first-order valence-electron chi connectivity index (χ1n) is 6.92. The molecule has 0 aromatic heterocycles. The summed E-state index contributed by atoms with van der Waals surface area (Å²) in [5.41, 5.74) is 0.115. The number of aliphatic hydroxyl groups is 1. The van der Waals surface area contributed by atoms with Crippen LogP contribution in [0.2, 0.25) is 0 Å². The average Bonchev–Trinajstić information content (AvgIpc) is 2.37. The molecule has 1 aromatic rings. The molecule has 1 aliphatic rings. The second kappa shape index (κ2) is 7.03. The zero-order valence-corrected chi connectivity index (χ0v) is 12.4. The first-order chi connectivity index (χ1) is 10.0. The Kier molecular flexibility index (Phi) is 5.34. The number of aliphatic hydroxyl groups excluding tert-OH is 1. The van der Waals surface area contributed by atoms with Gasteiger partial charge in [-0.05, 0) is 37.0 Å². The predicted octanol–water partition coefficient (Wildman–Crippen LogP) is 1.64. The highest BCUT2D eigenvalue weighted by Gasteiger charge is 2.23. The standard InChI is InChI=1S/C15H18FNO3S/c16-14-7-8-15(13(10-14)6-1-2-9-18)21(19,20)17-11-12-4-3-5-12/h7-8,10,12,17-18H,2-5,9,11H2. The lowest BCUT2D eigenvalue weighted by atomic mass is 9.86. The molecule has 6 heteroatoms. The first kappa shape index (κ1) is 16.0. The first-order valence-corrected chi connectivity index (χ1v) is 8.40. The molecule has 0 spiro atoms. The summed E-state index contributed by atoms with van der Waals surface area (Å²) in [6.07, 6.45) is 3.43. The molecule has 21 heavy (non-hydrogen) atoms. The molecule has 1 aromatic carbocycles. The van der Waals surface area contributed by atoms with Crippen LogP contribution in [0.3, 0.4) is 0 Å². The van der Waals surface area contributed by atoms with Crippen molar-refractivity contribution in [2.24, 2.45) is 5.92 Å². The Morgan fingerprint density at radius 3 is 2.76 bits per heavy atom. The predicted molar refractivity (Wildman–Crippen MR) is 77.5 cm³/mol. The number of halogens is 1. The minimum absolute atomic E-state index is 0.0198. The molecule has 1 fully saturated rings. The van der Waals surface area contributed by atoms with Crippen LogP contribution < -0.4 is 4.72 Å². The minimum atomic E-state index is -3.70. The highest BCUT2D eigenvalue weighted by atomic mass is 32.2. The second-order valence-corrected chi connectivity index (χ2v) is 6.80. The van der Waals surface area contributed by atoms with E-state index in [1.165, 1.54) is 6.07 Å². The molecule has 2 N–H and O–H groups in total. The SMILES string of the molecule is O=S(=O)(NCC1CCC1)c1ccc(F)cc1C#CCCO. The summed E-state index contributed by atoms with van der Waals surface area (Å²) >= 11 is 0. The van der Waals surface area contributed by atoms with Crippen molar-refractivity contribution in [3.05, 3.63) is 29.6 Å². The number of hydrogen-bond donors (Lipinski definition) is 2. The number of hydrogen-bond acceptors (Lipinski definition) is 3. The number of benzene rings is 1. The molecule has 0 bridgehead atoms. The molecule has 2 rings (SSSR count). The third-order valence-electron chi connectivity index (χ3n) is 3.48. The van der Waals surface area contributed by atoms with E-state index in [1.807, 2.05) is 0 Å². The summed E-state index contributed by atoms with van der Waals surface area (Å²) in [6, 6.07) is 3.43. The van der Waals surface area contributed by atoms with Crippen molar-refractivity contribution in [1.29, 1.82) is 0 Å². The lowest BCUT2D eigenvalue weighted by Gasteiger charge is -2.25. The third-order valence-corrected chi connectivity index (χ3v) is 4.96. The van der Waals surface area contributed by atoms with Gasteiger partial charge in [0, 0.05) is 18.5 Å². The van der Waals surface area contributed by atoms with Crippen molar-refractivity contribution in [2.75, 3.05) is 13.2 Å². The van der Waals surface area contributed by atoms with Crippen LogP contribution in [0.25, 0.3) is 0 Å². The van der Waals surface area contributed by atoms with Gasteiger partial charge in [-0.3, -0.25) is 0 Å². The highest BCUT2D eigenvalue weighted by molar-refractivity contribution is 7.89. The van der Waals surface area contributed by atoms with E-state index in [0.717, 1.165) is 31.4 Å². The summed E-state index contributed by atoms with van der Waals surface area (Å²) in [7, 11) is -3.70. The lowest BCUT2D eigenvalue weighted by molar-refractivity contribution is 0.305. The highest BCUT2D eigenvalue weighted by Crippen LogP contribution is 2.26. The maximum absolute atomic E-state index is 13.3. The van der Waals surface area contributed by atoms with Gasteiger partial charge in [0.05, 0.1) is 11.5 Å². The molecule has 4 nitrogen and oxygen atoms in total. The second-order valence-electron chi connectivity index (χ2n) is 5.06. The third kappa shape index (κ3) is 4.27.